The largest absolute Gasteiger partial charge is 0.384 e. The van der Waals surface area contributed by atoms with E-state index in [2.05, 4.69) is 29.2 Å². The summed E-state index contributed by atoms with van der Waals surface area (Å²) >= 11 is 0. The zero-order chi connectivity index (χ0) is 13.9. The molecule has 1 unspecified atom stereocenters. The van der Waals surface area contributed by atoms with Crippen LogP contribution in [0.5, 0.6) is 0 Å². The first-order valence-corrected chi connectivity index (χ1v) is 7.02. The van der Waals surface area contributed by atoms with Crippen LogP contribution in [0.1, 0.15) is 23.1 Å². The van der Waals surface area contributed by atoms with Gasteiger partial charge >= 0.3 is 0 Å². The fraction of sp³-hybridized carbons (Fsp3) is 0.294. The van der Waals surface area contributed by atoms with Gasteiger partial charge in [-0.3, -0.25) is 4.79 Å². The molecule has 1 aromatic heterocycles. The zero-order valence-electron chi connectivity index (χ0n) is 11.4. The van der Waals surface area contributed by atoms with E-state index in [-0.39, 0.29) is 5.92 Å². The van der Waals surface area contributed by atoms with Gasteiger partial charge in [0.15, 0.2) is 0 Å². The summed E-state index contributed by atoms with van der Waals surface area (Å²) in [6.07, 6.45) is 4.95. The van der Waals surface area contributed by atoms with E-state index in [1.807, 2.05) is 6.07 Å². The van der Waals surface area contributed by atoms with Gasteiger partial charge in [-0.15, -0.1) is 0 Å². The van der Waals surface area contributed by atoms with Gasteiger partial charge in [-0.25, -0.2) is 4.98 Å². The minimum absolute atomic E-state index is 0.138. The van der Waals surface area contributed by atoms with Crippen LogP contribution < -0.4 is 5.73 Å². The van der Waals surface area contributed by atoms with Crippen molar-refractivity contribution in [3.8, 4) is 0 Å². The molecule has 0 bridgehead atoms. The van der Waals surface area contributed by atoms with Gasteiger partial charge in [0.1, 0.15) is 11.6 Å². The molecule has 1 aliphatic rings. The maximum absolute atomic E-state index is 12.4. The molecule has 0 aliphatic heterocycles. The molecule has 20 heavy (non-hydrogen) atoms. The normalized spacial score (nSPS) is 17.5. The summed E-state index contributed by atoms with van der Waals surface area (Å²) in [6.45, 7) is 0. The molecule has 1 aliphatic carbocycles. The molecule has 0 saturated heterocycles. The Bertz CT molecular complexity index is 636. The second-order valence-corrected chi connectivity index (χ2v) is 5.44. The number of benzene rings is 1. The Labute approximate surface area is 118 Å². The lowest BCUT2D eigenvalue weighted by Gasteiger charge is -2.23. The Morgan fingerprint density at radius 1 is 1.25 bits per heavy atom. The molecule has 3 rings (SSSR count). The van der Waals surface area contributed by atoms with Gasteiger partial charge in [0.25, 0.3) is 0 Å². The molecule has 0 spiro atoms. The van der Waals surface area contributed by atoms with Gasteiger partial charge in [0.05, 0.1) is 0 Å². The lowest BCUT2D eigenvalue weighted by Crippen LogP contribution is -2.24. The number of ketones is 1. The molecule has 2 aromatic rings. The number of hydrogen-bond acceptors (Lipinski definition) is 3. The van der Waals surface area contributed by atoms with Crippen LogP contribution in [0, 0.1) is 5.92 Å². The fourth-order valence-electron chi connectivity index (χ4n) is 2.92. The van der Waals surface area contributed by atoms with Crippen LogP contribution in [0.3, 0.4) is 0 Å². The van der Waals surface area contributed by atoms with Crippen LogP contribution >= 0.6 is 0 Å². The quantitative estimate of drug-likeness (QED) is 0.929. The summed E-state index contributed by atoms with van der Waals surface area (Å²) in [5, 5.41) is 0. The molecule has 0 saturated carbocycles. The van der Waals surface area contributed by atoms with Crippen LogP contribution in [0.2, 0.25) is 0 Å². The van der Waals surface area contributed by atoms with Crippen molar-refractivity contribution in [1.29, 1.82) is 0 Å². The number of nitrogens with zero attached hydrogens (tertiary/aromatic N) is 1. The van der Waals surface area contributed by atoms with Gasteiger partial charge in [-0.1, -0.05) is 24.3 Å². The molecule has 2 N–H and O–H groups in total. The Morgan fingerprint density at radius 2 is 2.05 bits per heavy atom. The Balaban J connectivity index is 1.70. The molecule has 1 aromatic carbocycles. The van der Waals surface area contributed by atoms with E-state index in [0.717, 1.165) is 24.8 Å². The number of rotatable bonds is 3. The van der Waals surface area contributed by atoms with Crippen molar-refractivity contribution in [3.05, 3.63) is 59.3 Å². The standard InChI is InChI=1S/C17H18N2O/c18-17-10-12(7-8-19-17)9-16(20)15-6-5-13-3-1-2-4-14(13)11-15/h1-4,7-8,10,15H,5-6,9,11H2,(H2,18,19). The zero-order valence-corrected chi connectivity index (χ0v) is 11.4. The highest BCUT2D eigenvalue weighted by molar-refractivity contribution is 5.84. The maximum atomic E-state index is 12.4. The number of nitrogen functional groups attached to an aromatic ring is 1. The van der Waals surface area contributed by atoms with Crippen LogP contribution in [0.4, 0.5) is 5.82 Å². The predicted octanol–water partition coefficient (Wildman–Crippen LogP) is 2.58. The summed E-state index contributed by atoms with van der Waals surface area (Å²) in [5.41, 5.74) is 9.33. The monoisotopic (exact) mass is 266 g/mol. The van der Waals surface area contributed by atoms with Crippen molar-refractivity contribution in [2.24, 2.45) is 5.92 Å². The van der Waals surface area contributed by atoms with E-state index < -0.39 is 0 Å². The van der Waals surface area contributed by atoms with Gasteiger partial charge in [0, 0.05) is 18.5 Å². The Morgan fingerprint density at radius 3 is 2.85 bits per heavy atom. The minimum Gasteiger partial charge on any atom is -0.384 e. The predicted molar refractivity (Wildman–Crippen MR) is 79.3 cm³/mol. The summed E-state index contributed by atoms with van der Waals surface area (Å²) in [6, 6.07) is 12.1. The maximum Gasteiger partial charge on any atom is 0.140 e. The van der Waals surface area contributed by atoms with Crippen molar-refractivity contribution in [3.63, 3.8) is 0 Å². The molecule has 0 fully saturated rings. The highest BCUT2D eigenvalue weighted by Gasteiger charge is 2.24. The number of nitrogens with two attached hydrogens (primary N) is 1. The average Bonchev–Trinajstić information content (AvgIpc) is 2.47. The van der Waals surface area contributed by atoms with Crippen LogP contribution in [-0.4, -0.2) is 10.8 Å². The highest BCUT2D eigenvalue weighted by Crippen LogP contribution is 2.26. The smallest absolute Gasteiger partial charge is 0.140 e. The third-order valence-electron chi connectivity index (χ3n) is 4.03. The summed E-state index contributed by atoms with van der Waals surface area (Å²) in [5.74, 6) is 0.925. The van der Waals surface area contributed by atoms with E-state index in [9.17, 15) is 4.79 Å². The highest BCUT2D eigenvalue weighted by atomic mass is 16.1. The van der Waals surface area contributed by atoms with Gasteiger partial charge in [-0.05, 0) is 48.1 Å². The van der Waals surface area contributed by atoms with Crippen molar-refractivity contribution >= 4 is 11.6 Å². The topological polar surface area (TPSA) is 56.0 Å². The number of aryl methyl sites for hydroxylation is 1. The van der Waals surface area contributed by atoms with Crippen molar-refractivity contribution in [2.45, 2.75) is 25.7 Å². The summed E-state index contributed by atoms with van der Waals surface area (Å²) in [7, 11) is 0. The summed E-state index contributed by atoms with van der Waals surface area (Å²) < 4.78 is 0. The van der Waals surface area contributed by atoms with E-state index >= 15 is 0 Å². The van der Waals surface area contributed by atoms with Crippen LogP contribution in [0.15, 0.2) is 42.6 Å². The van der Waals surface area contributed by atoms with Crippen molar-refractivity contribution < 1.29 is 4.79 Å². The van der Waals surface area contributed by atoms with Crippen LogP contribution in [-0.2, 0) is 24.1 Å². The van der Waals surface area contributed by atoms with Crippen molar-refractivity contribution in [1.82, 2.24) is 4.98 Å². The first-order chi connectivity index (χ1) is 9.72. The lowest BCUT2D eigenvalue weighted by molar-refractivity contribution is -0.122. The Hall–Kier alpha value is -2.16. The average molecular weight is 266 g/mol. The lowest BCUT2D eigenvalue weighted by atomic mass is 9.80. The number of aromatic nitrogens is 1. The third kappa shape index (κ3) is 2.72. The number of pyridine rings is 1. The molecule has 102 valence electrons. The van der Waals surface area contributed by atoms with Crippen molar-refractivity contribution in [2.75, 3.05) is 5.73 Å². The first-order valence-electron chi connectivity index (χ1n) is 7.02. The molecule has 0 radical (unpaired) electrons. The van der Waals surface area contributed by atoms with Gasteiger partial charge in [0.2, 0.25) is 0 Å². The molecule has 3 heteroatoms. The van der Waals surface area contributed by atoms with E-state index in [1.165, 1.54) is 11.1 Å². The second-order valence-electron chi connectivity index (χ2n) is 5.44. The number of Topliss-reactive ketones (excluding diaryl/α,β-unsaturated/α-hetero) is 1. The van der Waals surface area contributed by atoms with Crippen LogP contribution in [0.25, 0.3) is 0 Å². The molecule has 1 atom stereocenters. The molecular weight excluding hydrogens is 248 g/mol. The SMILES string of the molecule is Nc1cc(CC(=O)C2CCc3ccccc3C2)ccn1. The number of carbonyl (C=O) groups is 1. The molecule has 0 amide bonds. The van der Waals surface area contributed by atoms with E-state index in [1.54, 1.807) is 12.3 Å². The first kappa shape index (κ1) is 12.9. The van der Waals surface area contributed by atoms with E-state index in [4.69, 9.17) is 5.73 Å². The minimum atomic E-state index is 0.138. The Kier molecular flexibility index (Phi) is 3.50. The number of fused-ring (bicyclic) bond motifs is 1. The molecule has 1 heterocycles. The summed E-state index contributed by atoms with van der Waals surface area (Å²) in [4.78, 5) is 16.4. The third-order valence-corrected chi connectivity index (χ3v) is 4.03. The van der Waals surface area contributed by atoms with E-state index in [0.29, 0.717) is 18.0 Å². The molecular formula is C17H18N2O. The second kappa shape index (κ2) is 5.45. The van der Waals surface area contributed by atoms with Gasteiger partial charge in [-0.2, -0.15) is 0 Å². The fourth-order valence-corrected chi connectivity index (χ4v) is 2.92. The van der Waals surface area contributed by atoms with Gasteiger partial charge < -0.3 is 5.73 Å². The number of carbonyl (C=O) groups excluding carboxylic acids is 1. The number of hydrogen-bond donors (Lipinski definition) is 1. The number of anilines is 1. The molecule has 3 nitrogen and oxygen atoms in total.